The minimum Gasteiger partial charge on any atom is -0.387 e. The Bertz CT molecular complexity index is 349. The van der Waals surface area contributed by atoms with E-state index < -0.39 is 11.2 Å². The molecule has 0 bridgehead atoms. The van der Waals surface area contributed by atoms with E-state index >= 15 is 0 Å². The van der Waals surface area contributed by atoms with Crippen LogP contribution in [0.3, 0.4) is 0 Å². The zero-order valence-electron chi connectivity index (χ0n) is 14.3. The second-order valence-corrected chi connectivity index (χ2v) is 7.39. The summed E-state index contributed by atoms with van der Waals surface area (Å²) in [6, 6.07) is 0. The van der Waals surface area contributed by atoms with Crippen molar-refractivity contribution in [2.75, 3.05) is 0 Å². The van der Waals surface area contributed by atoms with E-state index in [9.17, 15) is 10.2 Å². The first-order valence-electron chi connectivity index (χ1n) is 6.86. The number of hydrogen-bond donors (Lipinski definition) is 2. The van der Waals surface area contributed by atoms with Crippen molar-refractivity contribution in [2.45, 2.75) is 91.6 Å². The normalized spacial score (nSPS) is 25.3. The second kappa shape index (κ2) is 5.19. The van der Waals surface area contributed by atoms with Crippen LogP contribution >= 0.6 is 0 Å². The van der Waals surface area contributed by atoms with Crippen LogP contribution in [-0.2, 0) is 4.74 Å². The molecule has 0 aromatic heterocycles. The maximum Gasteiger partial charge on any atom is 0.123 e. The molecular formula is C16H32O3. The van der Waals surface area contributed by atoms with Crippen LogP contribution in [0.25, 0.3) is 0 Å². The largest absolute Gasteiger partial charge is 0.387 e. The third-order valence-corrected chi connectivity index (χ3v) is 4.40. The first kappa shape index (κ1) is 18.6. The summed E-state index contributed by atoms with van der Waals surface area (Å²) in [5, 5.41) is 19.0. The van der Waals surface area contributed by atoms with E-state index in [0.29, 0.717) is 0 Å². The standard InChI is InChI=1S/C8H16O2.C8H16O/c1-6(2,9)8(5)7(3,4)10-8;1-6(2)7(3)8(4,5)9/h9H,1-5H3;9H,1-5H3. The average molecular weight is 272 g/mol. The molecule has 0 radical (unpaired) electrons. The van der Waals surface area contributed by atoms with Crippen molar-refractivity contribution >= 4 is 0 Å². The van der Waals surface area contributed by atoms with Gasteiger partial charge in [-0.2, -0.15) is 0 Å². The van der Waals surface area contributed by atoms with Gasteiger partial charge in [0.25, 0.3) is 0 Å². The Balaban J connectivity index is 0.000000344. The highest BCUT2D eigenvalue weighted by atomic mass is 16.6. The predicted octanol–water partition coefficient (Wildman–Crippen LogP) is 3.44. The Morgan fingerprint density at radius 1 is 0.895 bits per heavy atom. The van der Waals surface area contributed by atoms with Gasteiger partial charge in [0, 0.05) is 0 Å². The van der Waals surface area contributed by atoms with Crippen LogP contribution in [0.5, 0.6) is 0 Å². The van der Waals surface area contributed by atoms with Crippen molar-refractivity contribution in [1.82, 2.24) is 0 Å². The highest BCUT2D eigenvalue weighted by Crippen LogP contribution is 2.53. The number of aliphatic hydroxyl groups is 2. The van der Waals surface area contributed by atoms with Crippen LogP contribution in [0.2, 0.25) is 0 Å². The van der Waals surface area contributed by atoms with Gasteiger partial charge in [0.05, 0.1) is 16.8 Å². The smallest absolute Gasteiger partial charge is 0.123 e. The molecule has 114 valence electrons. The summed E-state index contributed by atoms with van der Waals surface area (Å²) in [7, 11) is 0. The summed E-state index contributed by atoms with van der Waals surface area (Å²) in [5.74, 6) is 0. The number of hydrogen-bond acceptors (Lipinski definition) is 3. The summed E-state index contributed by atoms with van der Waals surface area (Å²) < 4.78 is 5.41. The fraction of sp³-hybridized carbons (Fsp3) is 0.875. The van der Waals surface area contributed by atoms with Gasteiger partial charge in [-0.05, 0) is 74.8 Å². The van der Waals surface area contributed by atoms with Gasteiger partial charge in [-0.15, -0.1) is 0 Å². The molecule has 0 spiro atoms. The third kappa shape index (κ3) is 4.30. The molecule has 1 aliphatic rings. The Hall–Kier alpha value is -0.380. The lowest BCUT2D eigenvalue weighted by atomic mass is 9.84. The molecule has 1 atom stereocenters. The van der Waals surface area contributed by atoms with Gasteiger partial charge >= 0.3 is 0 Å². The second-order valence-electron chi connectivity index (χ2n) is 7.39. The van der Waals surface area contributed by atoms with Crippen LogP contribution in [-0.4, -0.2) is 32.6 Å². The van der Waals surface area contributed by atoms with E-state index in [1.165, 1.54) is 5.57 Å². The van der Waals surface area contributed by atoms with Crippen LogP contribution < -0.4 is 0 Å². The molecule has 3 nitrogen and oxygen atoms in total. The van der Waals surface area contributed by atoms with Crippen LogP contribution in [0.4, 0.5) is 0 Å². The summed E-state index contributed by atoms with van der Waals surface area (Å²) >= 11 is 0. The van der Waals surface area contributed by atoms with Crippen molar-refractivity contribution in [3.8, 4) is 0 Å². The van der Waals surface area contributed by atoms with Crippen LogP contribution in [0.15, 0.2) is 11.1 Å². The van der Waals surface area contributed by atoms with Crippen molar-refractivity contribution in [3.63, 3.8) is 0 Å². The van der Waals surface area contributed by atoms with Crippen molar-refractivity contribution < 1.29 is 14.9 Å². The van der Waals surface area contributed by atoms with Gasteiger partial charge in [0.15, 0.2) is 0 Å². The average Bonchev–Trinajstić information content (AvgIpc) is 2.64. The Kier molecular flexibility index (Phi) is 5.09. The van der Waals surface area contributed by atoms with Crippen molar-refractivity contribution in [1.29, 1.82) is 0 Å². The Morgan fingerprint density at radius 2 is 1.21 bits per heavy atom. The molecule has 0 aromatic carbocycles. The van der Waals surface area contributed by atoms with Crippen LogP contribution in [0, 0.1) is 0 Å². The maximum absolute atomic E-state index is 9.63. The molecule has 0 aliphatic carbocycles. The van der Waals surface area contributed by atoms with Gasteiger partial charge in [-0.25, -0.2) is 0 Å². The molecule has 1 heterocycles. The zero-order chi connectivity index (χ0) is 15.9. The minimum absolute atomic E-state index is 0.161. The topological polar surface area (TPSA) is 53.0 Å². The lowest BCUT2D eigenvalue weighted by molar-refractivity contribution is 0.00249. The fourth-order valence-corrected chi connectivity index (χ4v) is 1.96. The van der Waals surface area contributed by atoms with Gasteiger partial charge in [-0.1, -0.05) is 5.57 Å². The molecule has 0 saturated carbocycles. The Labute approximate surface area is 118 Å². The molecule has 2 N–H and O–H groups in total. The highest BCUT2D eigenvalue weighted by molar-refractivity contribution is 5.16. The first-order chi connectivity index (χ1) is 8.06. The van der Waals surface area contributed by atoms with E-state index in [4.69, 9.17) is 4.74 Å². The first-order valence-corrected chi connectivity index (χ1v) is 6.86. The van der Waals surface area contributed by atoms with E-state index in [-0.39, 0.29) is 11.2 Å². The van der Waals surface area contributed by atoms with Gasteiger partial charge in [-0.3, -0.25) is 0 Å². The van der Waals surface area contributed by atoms with Gasteiger partial charge < -0.3 is 14.9 Å². The highest BCUT2D eigenvalue weighted by Gasteiger charge is 2.67. The van der Waals surface area contributed by atoms with E-state index in [1.54, 1.807) is 27.7 Å². The number of allylic oxidation sites excluding steroid dienone is 1. The van der Waals surface area contributed by atoms with Crippen molar-refractivity contribution in [2.24, 2.45) is 0 Å². The quantitative estimate of drug-likeness (QED) is 0.598. The summed E-state index contributed by atoms with van der Waals surface area (Å²) in [6.45, 7) is 19.0. The lowest BCUT2D eigenvalue weighted by Crippen LogP contribution is -2.41. The van der Waals surface area contributed by atoms with E-state index in [0.717, 1.165) is 5.57 Å². The molecule has 1 unspecified atom stereocenters. The van der Waals surface area contributed by atoms with E-state index in [2.05, 4.69) is 0 Å². The number of epoxide rings is 1. The number of rotatable bonds is 2. The lowest BCUT2D eigenvalue weighted by Gasteiger charge is -2.24. The summed E-state index contributed by atoms with van der Waals surface area (Å²) in [4.78, 5) is 0. The van der Waals surface area contributed by atoms with E-state index in [1.807, 2.05) is 41.5 Å². The SMILES string of the molecule is CC(C)(O)C1(C)OC1(C)C.CC(C)=C(C)C(C)(C)O. The molecule has 0 amide bonds. The maximum atomic E-state index is 9.63. The molecule has 3 heteroatoms. The summed E-state index contributed by atoms with van der Waals surface area (Å²) in [6.07, 6.45) is 0. The molecule has 1 saturated heterocycles. The molecule has 1 aliphatic heterocycles. The zero-order valence-corrected chi connectivity index (χ0v) is 14.3. The molecule has 1 fully saturated rings. The monoisotopic (exact) mass is 272 g/mol. The minimum atomic E-state index is -0.740. The molecular weight excluding hydrogens is 240 g/mol. The van der Waals surface area contributed by atoms with Crippen LogP contribution in [0.1, 0.15) is 69.2 Å². The number of ether oxygens (including phenoxy) is 1. The molecule has 19 heavy (non-hydrogen) atoms. The summed E-state index contributed by atoms with van der Waals surface area (Å²) in [5.41, 5.74) is 0.352. The molecule has 0 aromatic rings. The predicted molar refractivity (Wildman–Crippen MR) is 80.2 cm³/mol. The van der Waals surface area contributed by atoms with Gasteiger partial charge in [0.2, 0.25) is 0 Å². The van der Waals surface area contributed by atoms with Gasteiger partial charge in [0.1, 0.15) is 5.60 Å². The molecule has 1 rings (SSSR count). The van der Waals surface area contributed by atoms with Crippen molar-refractivity contribution in [3.05, 3.63) is 11.1 Å². The third-order valence-electron chi connectivity index (χ3n) is 4.40. The Morgan fingerprint density at radius 3 is 1.21 bits per heavy atom. The fourth-order valence-electron chi connectivity index (χ4n) is 1.96.